The van der Waals surface area contributed by atoms with Crippen LogP contribution in [0, 0.1) is 26.1 Å². The van der Waals surface area contributed by atoms with Gasteiger partial charge in [0.1, 0.15) is 33.7 Å². The SMILES string of the molecule is CC(=O)C(N)CCC(=O)C[C@@H](CS(=O)(=O)CC(=O)N1CC([N+](=O)[O-])([N+](=O)[O-])C1)C(=O)NCC(=O)O. The number of sulfone groups is 1. The fourth-order valence-corrected chi connectivity index (χ4v) is 4.67. The van der Waals surface area contributed by atoms with Crippen LogP contribution in [0.15, 0.2) is 0 Å². The summed E-state index contributed by atoms with van der Waals surface area (Å²) in [6, 6.07) is -0.943. The number of carboxylic acid groups (broad SMARTS) is 1. The van der Waals surface area contributed by atoms with Crippen LogP contribution in [0.25, 0.3) is 0 Å². The molecule has 196 valence electrons. The third kappa shape index (κ3) is 8.32. The molecule has 1 aliphatic rings. The summed E-state index contributed by atoms with van der Waals surface area (Å²) >= 11 is 0. The molecule has 2 atom stereocenters. The predicted octanol–water partition coefficient (Wildman–Crippen LogP) is -3.03. The minimum absolute atomic E-state index is 0.0630. The molecule has 0 aromatic rings. The molecule has 1 aliphatic heterocycles. The Bertz CT molecular complexity index is 1000. The normalized spacial score (nSPS) is 16.3. The number of amides is 2. The Morgan fingerprint density at radius 1 is 1.14 bits per heavy atom. The maximum absolute atomic E-state index is 12.5. The van der Waals surface area contributed by atoms with Gasteiger partial charge in [0, 0.05) is 12.8 Å². The summed E-state index contributed by atoms with van der Waals surface area (Å²) < 4.78 is 25.0. The van der Waals surface area contributed by atoms with Crippen molar-refractivity contribution in [1.29, 1.82) is 0 Å². The maximum Gasteiger partial charge on any atom is 0.492 e. The number of carbonyl (C=O) groups is 5. The van der Waals surface area contributed by atoms with Crippen molar-refractivity contribution >= 4 is 39.2 Å². The highest BCUT2D eigenvalue weighted by Gasteiger charge is 2.67. The molecule has 0 saturated carbocycles. The summed E-state index contributed by atoms with van der Waals surface area (Å²) in [5, 5.41) is 32.5. The van der Waals surface area contributed by atoms with Crippen LogP contribution in [0.1, 0.15) is 26.2 Å². The van der Waals surface area contributed by atoms with Gasteiger partial charge in [-0.1, -0.05) is 0 Å². The second-order valence-electron chi connectivity index (χ2n) is 8.11. The van der Waals surface area contributed by atoms with Gasteiger partial charge in [0.15, 0.2) is 22.9 Å². The van der Waals surface area contributed by atoms with Gasteiger partial charge in [0.25, 0.3) is 0 Å². The third-order valence-corrected chi connectivity index (χ3v) is 6.83. The van der Waals surface area contributed by atoms with Crippen LogP contribution in [0.5, 0.6) is 0 Å². The minimum atomic E-state index is -4.42. The van der Waals surface area contributed by atoms with E-state index in [0.717, 1.165) is 0 Å². The van der Waals surface area contributed by atoms with Gasteiger partial charge in [-0.2, -0.15) is 0 Å². The molecule has 1 rings (SSSR count). The van der Waals surface area contributed by atoms with Crippen LogP contribution in [-0.4, -0.2) is 100 Å². The molecule has 0 aromatic carbocycles. The first kappa shape index (κ1) is 29.5. The molecule has 2 amide bonds. The number of carboxylic acids is 1. The molecule has 0 aliphatic carbocycles. The van der Waals surface area contributed by atoms with Crippen LogP contribution in [-0.2, 0) is 33.8 Å². The fourth-order valence-electron chi connectivity index (χ4n) is 3.11. The number of nitrogens with one attached hydrogen (secondary N) is 1. The Kier molecular flexibility index (Phi) is 9.89. The summed E-state index contributed by atoms with van der Waals surface area (Å²) in [7, 11) is -4.42. The van der Waals surface area contributed by atoms with Crippen molar-refractivity contribution in [2.24, 2.45) is 11.7 Å². The fraction of sp³-hybridized carbons (Fsp3) is 0.706. The van der Waals surface area contributed by atoms with Crippen molar-refractivity contribution in [2.45, 2.75) is 37.9 Å². The number of ketones is 2. The number of Topliss-reactive ketones (excluding diaryl/α,β-unsaturated/α-hetero) is 2. The summed E-state index contributed by atoms with van der Waals surface area (Å²) in [6.45, 7) is -1.55. The van der Waals surface area contributed by atoms with Crippen molar-refractivity contribution < 1.29 is 47.3 Å². The summed E-state index contributed by atoms with van der Waals surface area (Å²) in [4.78, 5) is 78.7. The number of hydrogen-bond acceptors (Lipinski definition) is 12. The monoisotopic (exact) mass is 523 g/mol. The van der Waals surface area contributed by atoms with Gasteiger partial charge in [-0.25, -0.2) is 8.42 Å². The summed E-state index contributed by atoms with van der Waals surface area (Å²) in [5.74, 6) is -8.59. The molecule has 0 radical (unpaired) electrons. The highest BCUT2D eigenvalue weighted by Crippen LogP contribution is 2.25. The zero-order valence-electron chi connectivity index (χ0n) is 18.6. The van der Waals surface area contributed by atoms with Crippen molar-refractivity contribution in [3.05, 3.63) is 20.2 Å². The van der Waals surface area contributed by atoms with Crippen LogP contribution >= 0.6 is 0 Å². The number of carbonyl (C=O) groups excluding carboxylic acids is 4. The highest BCUT2D eigenvalue weighted by atomic mass is 32.2. The number of likely N-dealkylation sites (tertiary alicyclic amines) is 1. The Balaban J connectivity index is 2.87. The van der Waals surface area contributed by atoms with Gasteiger partial charge in [-0.05, 0) is 13.3 Å². The lowest BCUT2D eigenvalue weighted by atomic mass is 9.98. The van der Waals surface area contributed by atoms with Gasteiger partial charge < -0.3 is 21.1 Å². The molecule has 1 saturated heterocycles. The van der Waals surface area contributed by atoms with Gasteiger partial charge in [-0.15, -0.1) is 0 Å². The first-order chi connectivity index (χ1) is 16.0. The Hall–Kier alpha value is -3.54. The van der Waals surface area contributed by atoms with Crippen molar-refractivity contribution in [3.63, 3.8) is 0 Å². The Labute approximate surface area is 198 Å². The average molecular weight is 523 g/mol. The molecular weight excluding hydrogens is 498 g/mol. The zero-order valence-corrected chi connectivity index (χ0v) is 19.4. The standard InChI is InChI=1S/C17H25N5O12S/c1-10(23)13(18)3-2-12(24)4-11(16(28)19-5-15(26)27)6-35(33,34)7-14(25)20-8-17(9-20,21(29)30)22(31)32/h11,13H,2-9,18H2,1H3,(H,19,28)(H,26,27)/t11-,13?/m0/s1. The highest BCUT2D eigenvalue weighted by molar-refractivity contribution is 7.92. The zero-order chi connectivity index (χ0) is 27.1. The van der Waals surface area contributed by atoms with Crippen molar-refractivity contribution in [3.8, 4) is 0 Å². The number of nitro groups is 2. The Morgan fingerprint density at radius 3 is 2.14 bits per heavy atom. The van der Waals surface area contributed by atoms with E-state index in [-0.39, 0.29) is 18.6 Å². The van der Waals surface area contributed by atoms with Crippen molar-refractivity contribution in [2.75, 3.05) is 31.1 Å². The van der Waals surface area contributed by atoms with Gasteiger partial charge >= 0.3 is 11.6 Å². The lowest BCUT2D eigenvalue weighted by molar-refractivity contribution is -0.809. The van der Waals surface area contributed by atoms with E-state index in [1.165, 1.54) is 6.92 Å². The topological polar surface area (TPSA) is 267 Å². The molecule has 0 bridgehead atoms. The lowest BCUT2D eigenvalue weighted by Crippen LogP contribution is -2.71. The first-order valence-corrected chi connectivity index (χ1v) is 11.9. The van der Waals surface area contributed by atoms with E-state index in [1.807, 2.05) is 5.32 Å². The second kappa shape index (κ2) is 11.7. The molecule has 0 aromatic heterocycles. The maximum atomic E-state index is 12.5. The Morgan fingerprint density at radius 2 is 1.69 bits per heavy atom. The average Bonchev–Trinajstić information content (AvgIpc) is 2.67. The minimum Gasteiger partial charge on any atom is -0.480 e. The van der Waals surface area contributed by atoms with E-state index < -0.39 is 98.4 Å². The third-order valence-electron chi connectivity index (χ3n) is 5.23. The van der Waals surface area contributed by atoms with E-state index in [9.17, 15) is 52.6 Å². The second-order valence-corrected chi connectivity index (χ2v) is 10.2. The van der Waals surface area contributed by atoms with E-state index in [0.29, 0.717) is 4.90 Å². The predicted molar refractivity (Wildman–Crippen MR) is 114 cm³/mol. The van der Waals surface area contributed by atoms with E-state index in [1.54, 1.807) is 0 Å². The van der Waals surface area contributed by atoms with E-state index >= 15 is 0 Å². The lowest BCUT2D eigenvalue weighted by Gasteiger charge is -2.35. The van der Waals surface area contributed by atoms with Crippen LogP contribution in [0.2, 0.25) is 0 Å². The van der Waals surface area contributed by atoms with E-state index in [2.05, 4.69) is 0 Å². The number of nitrogens with two attached hydrogens (primary N) is 1. The molecule has 17 nitrogen and oxygen atoms in total. The summed E-state index contributed by atoms with van der Waals surface area (Å²) in [6.07, 6.45) is -0.981. The smallest absolute Gasteiger partial charge is 0.480 e. The molecule has 1 heterocycles. The molecule has 1 unspecified atom stereocenters. The van der Waals surface area contributed by atoms with Crippen LogP contribution in [0.3, 0.4) is 0 Å². The summed E-state index contributed by atoms with van der Waals surface area (Å²) in [5.41, 5.74) is 2.89. The van der Waals surface area contributed by atoms with Crippen LogP contribution in [0.4, 0.5) is 0 Å². The van der Waals surface area contributed by atoms with Crippen LogP contribution < -0.4 is 11.1 Å². The molecule has 4 N–H and O–H groups in total. The molecule has 0 spiro atoms. The molecule has 1 fully saturated rings. The first-order valence-electron chi connectivity index (χ1n) is 10.0. The van der Waals surface area contributed by atoms with Crippen molar-refractivity contribution in [1.82, 2.24) is 10.2 Å². The molecular formula is C17H25N5O12S. The number of hydrogen-bond donors (Lipinski definition) is 3. The quantitative estimate of drug-likeness (QED) is 0.110. The molecule has 18 heteroatoms. The van der Waals surface area contributed by atoms with Gasteiger partial charge in [0.05, 0.1) is 17.7 Å². The van der Waals surface area contributed by atoms with Gasteiger partial charge in [-0.3, -0.25) is 44.2 Å². The number of rotatable bonds is 15. The largest absolute Gasteiger partial charge is 0.492 e. The number of nitrogens with zero attached hydrogens (tertiary/aromatic N) is 3. The van der Waals surface area contributed by atoms with E-state index in [4.69, 9.17) is 10.8 Å². The van der Waals surface area contributed by atoms with Gasteiger partial charge in [0.2, 0.25) is 11.8 Å². The molecule has 35 heavy (non-hydrogen) atoms. The number of aliphatic carboxylic acids is 1.